The first-order chi connectivity index (χ1) is 31.6. The third kappa shape index (κ3) is 9.13. The maximum Gasteiger partial charge on any atom is 0.418 e. The van der Waals surface area contributed by atoms with Gasteiger partial charge in [0.25, 0.3) is 0 Å². The number of methoxy groups -OCH3 is 2. The lowest BCUT2D eigenvalue weighted by molar-refractivity contribution is -0.137. The molecule has 2 aliphatic rings. The maximum atomic E-state index is 15.3. The van der Waals surface area contributed by atoms with Crippen molar-refractivity contribution in [2.24, 2.45) is 9.98 Å². The monoisotopic (exact) mass is 911 g/mol. The van der Waals surface area contributed by atoms with Gasteiger partial charge in [-0.15, -0.1) is 11.3 Å². The smallest absolute Gasteiger partial charge is 0.418 e. The second-order valence-corrected chi connectivity index (χ2v) is 16.5. The Labute approximate surface area is 382 Å². The molecule has 4 heterocycles. The minimum absolute atomic E-state index is 0.0121. The van der Waals surface area contributed by atoms with Gasteiger partial charge in [-0.05, 0) is 60.0 Å². The first kappa shape index (κ1) is 43.1. The molecule has 0 bridgehead atoms. The molecule has 0 saturated carbocycles. The number of nitrogens with one attached hydrogen (secondary N) is 1. The number of ether oxygens (including phenoxy) is 3. The molecule has 0 aliphatic carbocycles. The molecule has 0 saturated heterocycles. The molecule has 0 amide bonds. The van der Waals surface area contributed by atoms with Crippen LogP contribution < -0.4 is 35.0 Å². The summed E-state index contributed by atoms with van der Waals surface area (Å²) in [5, 5.41) is 4.16. The average Bonchev–Trinajstić information content (AvgIpc) is 3.69. The van der Waals surface area contributed by atoms with E-state index in [-0.39, 0.29) is 39.6 Å². The van der Waals surface area contributed by atoms with Crippen LogP contribution in [0.3, 0.4) is 0 Å². The fraction of sp³-hybridized carbons (Fsp3) is 0.160. The van der Waals surface area contributed by atoms with Crippen molar-refractivity contribution in [2.45, 2.75) is 32.7 Å². The van der Waals surface area contributed by atoms with Gasteiger partial charge in [0, 0.05) is 36.0 Å². The van der Waals surface area contributed by atoms with Gasteiger partial charge in [-0.1, -0.05) is 96.5 Å². The fourth-order valence-electron chi connectivity index (χ4n) is 7.88. The Kier molecular flexibility index (Phi) is 12.3. The molecule has 65 heavy (non-hydrogen) atoms. The van der Waals surface area contributed by atoms with E-state index in [1.54, 1.807) is 25.9 Å². The number of rotatable bonds is 13. The van der Waals surface area contributed by atoms with Crippen LogP contribution in [-0.2, 0) is 25.8 Å². The number of anilines is 1. The number of nitrogens with zero attached hydrogens (tertiary/aromatic N) is 6. The molecule has 10 nitrogen and oxygen atoms in total. The van der Waals surface area contributed by atoms with Crippen LogP contribution in [0.5, 0.6) is 17.2 Å². The Morgan fingerprint density at radius 2 is 1.49 bits per heavy atom. The summed E-state index contributed by atoms with van der Waals surface area (Å²) in [6, 6.07) is 37.9. The van der Waals surface area contributed by atoms with Crippen molar-refractivity contribution in [1.29, 1.82) is 0 Å². The molecule has 0 unspecified atom stereocenters. The van der Waals surface area contributed by atoms with Crippen molar-refractivity contribution in [2.75, 3.05) is 25.8 Å². The summed E-state index contributed by atoms with van der Waals surface area (Å²) in [7, 11) is 3.18. The number of aromatic nitrogens is 2. The van der Waals surface area contributed by atoms with Crippen LogP contribution in [0.4, 0.5) is 24.8 Å². The zero-order valence-electron chi connectivity index (χ0n) is 35.4. The summed E-state index contributed by atoms with van der Waals surface area (Å²) in [6.45, 7) is 2.53. The minimum Gasteiger partial charge on any atom is -0.497 e. The van der Waals surface area contributed by atoms with Gasteiger partial charge in [-0.2, -0.15) is 13.2 Å². The van der Waals surface area contributed by atoms with E-state index in [1.165, 1.54) is 36.7 Å². The SMILES string of the molecule is COc1ccc(CN(Cc2ccc(OC)cc2)c2cc(C)c(C(F)(F)F)c(-c3cc4c5c(c3Cl)=NCNC=5N(Cc3scnc3N=C(c3ccccc3)c3ccccc3)C=CO4)n2)cc1. The van der Waals surface area contributed by atoms with E-state index < -0.39 is 11.7 Å². The third-order valence-electron chi connectivity index (χ3n) is 11.0. The number of aliphatic imine (C=N–C) groups is 1. The standard InChI is InChI=1S/C50H41ClF3N7O3S/c1-31-24-41(61(26-32-14-18-36(62-2)19-15-32)27-33-16-20-37(63-3)21-17-33)58-46(43(31)50(52,53)54)38-25-39-42-47(44(38)51)55-29-56-49(42)60(22-23-64-39)28-40-48(57-30-65-40)59-45(34-10-6-4-7-11-34)35-12-8-5-9-13-35/h4-25,30,56H,26-29H2,1-3H3. The van der Waals surface area contributed by atoms with Gasteiger partial charge < -0.3 is 29.3 Å². The molecule has 2 aromatic heterocycles. The van der Waals surface area contributed by atoms with Gasteiger partial charge >= 0.3 is 6.18 Å². The molecule has 5 aromatic carbocycles. The van der Waals surface area contributed by atoms with Gasteiger partial charge in [0.1, 0.15) is 41.8 Å². The van der Waals surface area contributed by atoms with Crippen LogP contribution in [0.15, 0.2) is 149 Å². The lowest BCUT2D eigenvalue weighted by Crippen LogP contribution is -2.43. The topological polar surface area (TPSA) is 96.7 Å². The molecule has 7 aromatic rings. The molecule has 0 fully saturated rings. The van der Waals surface area contributed by atoms with E-state index in [4.69, 9.17) is 40.8 Å². The lowest BCUT2D eigenvalue weighted by Gasteiger charge is -2.27. The van der Waals surface area contributed by atoms with E-state index >= 15 is 13.2 Å². The first-order valence-corrected chi connectivity index (χ1v) is 21.8. The van der Waals surface area contributed by atoms with Crippen molar-refractivity contribution in [3.05, 3.63) is 193 Å². The summed E-state index contributed by atoms with van der Waals surface area (Å²) < 4.78 is 62.8. The Balaban J connectivity index is 1.13. The predicted molar refractivity (Wildman–Crippen MR) is 248 cm³/mol. The van der Waals surface area contributed by atoms with Gasteiger partial charge in [-0.3, -0.25) is 4.99 Å². The fourth-order valence-corrected chi connectivity index (χ4v) is 8.87. The van der Waals surface area contributed by atoms with E-state index in [9.17, 15) is 0 Å². The van der Waals surface area contributed by atoms with E-state index in [1.807, 2.05) is 119 Å². The van der Waals surface area contributed by atoms with Gasteiger partial charge in [-0.25, -0.2) is 15.0 Å². The van der Waals surface area contributed by atoms with Crippen molar-refractivity contribution in [3.8, 4) is 28.5 Å². The second kappa shape index (κ2) is 18.5. The highest BCUT2D eigenvalue weighted by molar-refractivity contribution is 7.10. The minimum atomic E-state index is -4.78. The molecule has 15 heteroatoms. The van der Waals surface area contributed by atoms with E-state index in [0.717, 1.165) is 32.8 Å². The highest BCUT2D eigenvalue weighted by Gasteiger charge is 2.38. The maximum absolute atomic E-state index is 15.3. The zero-order chi connectivity index (χ0) is 45.1. The van der Waals surface area contributed by atoms with Crippen LogP contribution in [-0.4, -0.2) is 41.5 Å². The number of thiazole rings is 1. The van der Waals surface area contributed by atoms with Crippen LogP contribution in [0.1, 0.15) is 38.3 Å². The molecule has 0 atom stereocenters. The van der Waals surface area contributed by atoms with Crippen molar-refractivity contribution in [3.63, 3.8) is 0 Å². The van der Waals surface area contributed by atoms with Crippen molar-refractivity contribution >= 4 is 46.1 Å². The normalized spacial score (nSPS) is 12.9. The summed E-state index contributed by atoms with van der Waals surface area (Å²) in [5.41, 5.74) is 4.99. The molecule has 328 valence electrons. The number of halogens is 4. The Hall–Kier alpha value is -7.16. The van der Waals surface area contributed by atoms with Gasteiger partial charge in [0.2, 0.25) is 0 Å². The summed E-state index contributed by atoms with van der Waals surface area (Å²) in [6.07, 6.45) is -1.53. The molecule has 9 rings (SSSR count). The number of pyridine rings is 1. The van der Waals surface area contributed by atoms with Crippen LogP contribution in [0, 0.1) is 6.92 Å². The average molecular weight is 912 g/mol. The molecule has 0 radical (unpaired) electrons. The van der Waals surface area contributed by atoms with Crippen LogP contribution >= 0.6 is 22.9 Å². The zero-order valence-corrected chi connectivity index (χ0v) is 37.0. The Morgan fingerprint density at radius 3 is 2.08 bits per heavy atom. The first-order valence-electron chi connectivity index (χ1n) is 20.5. The quantitative estimate of drug-likeness (QED) is 0.114. The molecular weight excluding hydrogens is 871 g/mol. The number of hydrogen-bond acceptors (Lipinski definition) is 11. The number of benzene rings is 5. The predicted octanol–water partition coefficient (Wildman–Crippen LogP) is 10.2. The Morgan fingerprint density at radius 1 is 0.877 bits per heavy atom. The Bertz CT molecular complexity index is 2950. The van der Waals surface area contributed by atoms with Gasteiger partial charge in [0.15, 0.2) is 5.82 Å². The van der Waals surface area contributed by atoms with E-state index in [2.05, 4.69) is 10.3 Å². The largest absolute Gasteiger partial charge is 0.497 e. The lowest BCUT2D eigenvalue weighted by atomic mass is 9.99. The summed E-state index contributed by atoms with van der Waals surface area (Å²) in [5.74, 6) is 3.11. The van der Waals surface area contributed by atoms with E-state index in [0.29, 0.717) is 53.8 Å². The third-order valence-corrected chi connectivity index (χ3v) is 12.2. The highest BCUT2D eigenvalue weighted by Crippen LogP contribution is 2.42. The molecular formula is C50H41ClF3N7O3S. The number of alkyl halides is 3. The van der Waals surface area contributed by atoms with Crippen molar-refractivity contribution < 1.29 is 27.4 Å². The van der Waals surface area contributed by atoms with Crippen LogP contribution in [0.25, 0.3) is 17.1 Å². The van der Waals surface area contributed by atoms with Crippen molar-refractivity contribution in [1.82, 2.24) is 20.2 Å². The second-order valence-electron chi connectivity index (χ2n) is 15.2. The van der Waals surface area contributed by atoms with Crippen LogP contribution in [0.2, 0.25) is 5.02 Å². The summed E-state index contributed by atoms with van der Waals surface area (Å²) >= 11 is 8.70. The molecule has 1 N–H and O–H groups in total. The summed E-state index contributed by atoms with van der Waals surface area (Å²) in [4.78, 5) is 24.0. The highest BCUT2D eigenvalue weighted by atomic mass is 35.5. The van der Waals surface area contributed by atoms with Gasteiger partial charge in [0.05, 0.1) is 63.7 Å². The molecule has 0 spiro atoms. The molecule has 2 aliphatic heterocycles. The number of hydrogen-bond donors (Lipinski definition) is 1. The number of aryl methyl sites for hydroxylation is 1.